The van der Waals surface area contributed by atoms with Crippen molar-refractivity contribution >= 4 is 0 Å². The van der Waals surface area contributed by atoms with Gasteiger partial charge in [0.15, 0.2) is 0 Å². The molecule has 0 aromatic carbocycles. The quantitative estimate of drug-likeness (QED) is 0.603. The Kier molecular flexibility index (Phi) is 4.67. The van der Waals surface area contributed by atoms with Crippen molar-refractivity contribution in [1.82, 2.24) is 5.32 Å². The van der Waals surface area contributed by atoms with Gasteiger partial charge in [-0.05, 0) is 32.2 Å². The van der Waals surface area contributed by atoms with Crippen molar-refractivity contribution in [3.63, 3.8) is 0 Å². The van der Waals surface area contributed by atoms with Crippen LogP contribution in [0.15, 0.2) is 0 Å². The molecule has 1 atom stereocenters. The van der Waals surface area contributed by atoms with Crippen molar-refractivity contribution in [1.29, 1.82) is 0 Å². The van der Waals surface area contributed by atoms with Gasteiger partial charge in [0.1, 0.15) is 0 Å². The second-order valence-electron chi connectivity index (χ2n) is 4.08. The van der Waals surface area contributed by atoms with E-state index in [-0.39, 0.29) is 0 Å². The molecule has 0 amide bonds. The number of rotatable bonds is 6. The molecule has 1 heteroatoms. The third-order valence-corrected chi connectivity index (χ3v) is 3.21. The van der Waals surface area contributed by atoms with Crippen molar-refractivity contribution in [2.24, 2.45) is 5.92 Å². The molecule has 1 aliphatic rings. The van der Waals surface area contributed by atoms with Gasteiger partial charge in [-0.1, -0.05) is 32.6 Å². The Hall–Kier alpha value is -0.0400. The van der Waals surface area contributed by atoms with Gasteiger partial charge in [-0.2, -0.15) is 0 Å². The molecule has 0 aliphatic heterocycles. The summed E-state index contributed by atoms with van der Waals surface area (Å²) in [5.41, 5.74) is 0. The molecule has 0 radical (unpaired) electrons. The van der Waals surface area contributed by atoms with E-state index < -0.39 is 0 Å². The Labute approximate surface area is 76.9 Å². The lowest BCUT2D eigenvalue weighted by atomic mass is 9.78. The fraction of sp³-hybridized carbons (Fsp3) is 1.00. The van der Waals surface area contributed by atoms with Crippen LogP contribution < -0.4 is 5.32 Å². The maximum atomic E-state index is 3.46. The van der Waals surface area contributed by atoms with Gasteiger partial charge in [-0.3, -0.25) is 0 Å². The number of nitrogens with one attached hydrogen (secondary N) is 1. The molecular formula is C11H23N. The van der Waals surface area contributed by atoms with Crippen LogP contribution in [0, 0.1) is 5.92 Å². The molecule has 0 aromatic heterocycles. The summed E-state index contributed by atoms with van der Waals surface area (Å²) in [6.45, 7) is 2.28. The Morgan fingerprint density at radius 3 is 2.50 bits per heavy atom. The zero-order valence-electron chi connectivity index (χ0n) is 8.60. The molecule has 1 fully saturated rings. The van der Waals surface area contributed by atoms with Crippen LogP contribution in [0.5, 0.6) is 0 Å². The lowest BCUT2D eigenvalue weighted by Crippen LogP contribution is -2.37. The molecule has 0 spiro atoms. The van der Waals surface area contributed by atoms with Crippen LogP contribution in [0.2, 0.25) is 0 Å². The van der Waals surface area contributed by atoms with E-state index in [0.29, 0.717) is 0 Å². The van der Waals surface area contributed by atoms with Crippen LogP contribution in [-0.4, -0.2) is 13.1 Å². The van der Waals surface area contributed by atoms with Gasteiger partial charge in [-0.15, -0.1) is 0 Å². The first-order valence-electron chi connectivity index (χ1n) is 5.55. The van der Waals surface area contributed by atoms with Crippen LogP contribution in [0.3, 0.4) is 0 Å². The summed E-state index contributed by atoms with van der Waals surface area (Å²) in [6.07, 6.45) is 9.98. The van der Waals surface area contributed by atoms with Crippen LogP contribution in [0.4, 0.5) is 0 Å². The van der Waals surface area contributed by atoms with E-state index in [2.05, 4.69) is 19.3 Å². The Bertz CT molecular complexity index is 108. The molecule has 0 bridgehead atoms. The van der Waals surface area contributed by atoms with E-state index >= 15 is 0 Å². The molecule has 12 heavy (non-hydrogen) atoms. The van der Waals surface area contributed by atoms with Crippen molar-refractivity contribution in [3.05, 3.63) is 0 Å². The Morgan fingerprint density at radius 1 is 1.33 bits per heavy atom. The molecule has 1 saturated carbocycles. The summed E-state index contributed by atoms with van der Waals surface area (Å²) in [7, 11) is 2.12. The fourth-order valence-corrected chi connectivity index (χ4v) is 2.07. The summed E-state index contributed by atoms with van der Waals surface area (Å²) < 4.78 is 0. The minimum atomic E-state index is 0.824. The van der Waals surface area contributed by atoms with Crippen molar-refractivity contribution in [2.75, 3.05) is 7.05 Å². The summed E-state index contributed by atoms with van der Waals surface area (Å²) in [5.74, 6) is 1.01. The third kappa shape index (κ3) is 2.78. The topological polar surface area (TPSA) is 12.0 Å². The molecule has 0 aromatic rings. The lowest BCUT2D eigenvalue weighted by Gasteiger charge is -2.33. The maximum Gasteiger partial charge on any atom is 0.00923 e. The second-order valence-corrected chi connectivity index (χ2v) is 4.08. The van der Waals surface area contributed by atoms with E-state index in [9.17, 15) is 0 Å². The van der Waals surface area contributed by atoms with Crippen molar-refractivity contribution < 1.29 is 0 Å². The van der Waals surface area contributed by atoms with Crippen molar-refractivity contribution in [2.45, 2.75) is 57.9 Å². The molecule has 1 aliphatic carbocycles. The third-order valence-electron chi connectivity index (χ3n) is 3.21. The lowest BCUT2D eigenvalue weighted by molar-refractivity contribution is 0.224. The number of unbranched alkanes of at least 4 members (excludes halogenated alkanes) is 2. The van der Waals surface area contributed by atoms with E-state index in [1.54, 1.807) is 0 Å². The predicted octanol–water partition coefficient (Wildman–Crippen LogP) is 2.95. The summed E-state index contributed by atoms with van der Waals surface area (Å²) in [6, 6.07) is 0.824. The zero-order valence-corrected chi connectivity index (χ0v) is 8.60. The number of hydrogen-bond acceptors (Lipinski definition) is 1. The minimum Gasteiger partial charge on any atom is -0.317 e. The minimum absolute atomic E-state index is 0.824. The van der Waals surface area contributed by atoms with Crippen LogP contribution in [0.25, 0.3) is 0 Å². The monoisotopic (exact) mass is 169 g/mol. The maximum absolute atomic E-state index is 3.46. The van der Waals surface area contributed by atoms with E-state index in [4.69, 9.17) is 0 Å². The summed E-state index contributed by atoms with van der Waals surface area (Å²) >= 11 is 0. The molecule has 72 valence electrons. The predicted molar refractivity (Wildman–Crippen MR) is 54.3 cm³/mol. The average Bonchev–Trinajstić information content (AvgIpc) is 1.99. The molecule has 1 unspecified atom stereocenters. The molecule has 0 saturated heterocycles. The molecule has 1 rings (SSSR count). The van der Waals surface area contributed by atoms with Crippen LogP contribution in [-0.2, 0) is 0 Å². The fourth-order valence-electron chi connectivity index (χ4n) is 2.07. The highest BCUT2D eigenvalue weighted by Gasteiger charge is 2.25. The van der Waals surface area contributed by atoms with Gasteiger partial charge in [0, 0.05) is 6.04 Å². The molecule has 1 nitrogen and oxygen atoms in total. The normalized spacial score (nSPS) is 20.5. The largest absolute Gasteiger partial charge is 0.317 e. The molecule has 0 heterocycles. The van der Waals surface area contributed by atoms with Crippen LogP contribution >= 0.6 is 0 Å². The average molecular weight is 169 g/mol. The Morgan fingerprint density at radius 2 is 2.08 bits per heavy atom. The van der Waals surface area contributed by atoms with Gasteiger partial charge in [0.2, 0.25) is 0 Å². The SMILES string of the molecule is CCCCCC(NC)C1CCC1. The molecule has 1 N–H and O–H groups in total. The highest BCUT2D eigenvalue weighted by atomic mass is 14.9. The first-order valence-corrected chi connectivity index (χ1v) is 5.55. The van der Waals surface area contributed by atoms with E-state index in [0.717, 1.165) is 12.0 Å². The standard InChI is InChI=1S/C11H23N/c1-3-4-5-9-11(12-2)10-7-6-8-10/h10-12H,3-9H2,1-2H3. The molecular weight excluding hydrogens is 146 g/mol. The highest BCUT2D eigenvalue weighted by Crippen LogP contribution is 2.31. The van der Waals surface area contributed by atoms with Crippen molar-refractivity contribution in [3.8, 4) is 0 Å². The van der Waals surface area contributed by atoms with Gasteiger partial charge >= 0.3 is 0 Å². The van der Waals surface area contributed by atoms with Gasteiger partial charge in [0.05, 0.1) is 0 Å². The van der Waals surface area contributed by atoms with Crippen LogP contribution in [0.1, 0.15) is 51.9 Å². The van der Waals surface area contributed by atoms with E-state index in [1.165, 1.54) is 44.9 Å². The van der Waals surface area contributed by atoms with E-state index in [1.807, 2.05) is 0 Å². The first-order chi connectivity index (χ1) is 5.88. The zero-order chi connectivity index (χ0) is 8.81. The number of hydrogen-bond donors (Lipinski definition) is 1. The second kappa shape index (κ2) is 5.58. The van der Waals surface area contributed by atoms with Gasteiger partial charge in [0.25, 0.3) is 0 Å². The Balaban J connectivity index is 2.07. The highest BCUT2D eigenvalue weighted by molar-refractivity contribution is 4.81. The smallest absolute Gasteiger partial charge is 0.00923 e. The summed E-state index contributed by atoms with van der Waals surface area (Å²) in [4.78, 5) is 0. The van der Waals surface area contributed by atoms with Gasteiger partial charge < -0.3 is 5.32 Å². The first kappa shape index (κ1) is 10.0. The summed E-state index contributed by atoms with van der Waals surface area (Å²) in [5, 5.41) is 3.46. The van der Waals surface area contributed by atoms with Gasteiger partial charge in [-0.25, -0.2) is 0 Å².